The molecule has 206 valence electrons. The molecule has 0 atom stereocenters. The maximum atomic E-state index is 13.7. The molecule has 1 aromatic carbocycles. The van der Waals surface area contributed by atoms with Crippen LogP contribution < -0.4 is 15.8 Å². The molecule has 5 rings (SSSR count). The molecular formula is C25H19BrClF2N7O3S. The number of nitrogens with one attached hydrogen (secondary N) is 1. The molecule has 0 aliphatic carbocycles. The van der Waals surface area contributed by atoms with E-state index in [2.05, 4.69) is 36.4 Å². The van der Waals surface area contributed by atoms with Crippen LogP contribution in [-0.2, 0) is 13.8 Å². The molecule has 2 amide bonds. The van der Waals surface area contributed by atoms with Gasteiger partial charge in [-0.15, -0.1) is 11.3 Å². The number of rotatable bonds is 8. The number of pyridine rings is 1. The lowest BCUT2D eigenvalue weighted by Gasteiger charge is -2.10. The van der Waals surface area contributed by atoms with E-state index in [1.54, 1.807) is 38.4 Å². The summed E-state index contributed by atoms with van der Waals surface area (Å²) in [5.41, 5.74) is 6.62. The Labute approximate surface area is 242 Å². The number of alkyl halides is 2. The molecule has 0 spiro atoms. The van der Waals surface area contributed by atoms with Crippen molar-refractivity contribution in [2.24, 2.45) is 12.8 Å². The summed E-state index contributed by atoms with van der Waals surface area (Å²) in [6.45, 7) is 1.69. The van der Waals surface area contributed by atoms with Crippen molar-refractivity contribution in [3.05, 3.63) is 74.2 Å². The van der Waals surface area contributed by atoms with E-state index >= 15 is 0 Å². The highest BCUT2D eigenvalue weighted by Crippen LogP contribution is 2.43. The van der Waals surface area contributed by atoms with E-state index in [9.17, 15) is 18.4 Å². The number of halogens is 4. The van der Waals surface area contributed by atoms with Gasteiger partial charge in [-0.05, 0) is 42.8 Å². The van der Waals surface area contributed by atoms with E-state index in [1.165, 1.54) is 27.7 Å². The molecular weight excluding hydrogens is 632 g/mol. The number of aryl methyl sites for hydroxylation is 2. The molecule has 15 heteroatoms. The van der Waals surface area contributed by atoms with Crippen molar-refractivity contribution in [1.29, 1.82) is 0 Å². The third kappa shape index (κ3) is 5.42. The van der Waals surface area contributed by atoms with Gasteiger partial charge in [0.05, 0.1) is 16.4 Å². The van der Waals surface area contributed by atoms with Crippen LogP contribution in [0, 0.1) is 6.92 Å². The lowest BCUT2D eigenvalue weighted by Crippen LogP contribution is -2.18. The number of thiophene rings is 1. The van der Waals surface area contributed by atoms with E-state index in [4.69, 9.17) is 22.1 Å². The first-order valence-corrected chi connectivity index (χ1v) is 13.5. The second-order valence-corrected chi connectivity index (χ2v) is 10.9. The Morgan fingerprint density at radius 1 is 1.23 bits per heavy atom. The number of aromatic nitrogens is 5. The van der Waals surface area contributed by atoms with Crippen molar-refractivity contribution in [1.82, 2.24) is 24.5 Å². The summed E-state index contributed by atoms with van der Waals surface area (Å²) >= 11 is 10.3. The average Bonchev–Trinajstić information content (AvgIpc) is 3.60. The summed E-state index contributed by atoms with van der Waals surface area (Å²) in [6.07, 6.45) is 0.325. The van der Waals surface area contributed by atoms with Gasteiger partial charge >= 0.3 is 0 Å². The largest absolute Gasteiger partial charge is 0.470 e. The highest BCUT2D eigenvalue weighted by atomic mass is 79.9. The molecule has 5 aromatic rings. The number of amides is 2. The van der Waals surface area contributed by atoms with Crippen LogP contribution in [0.5, 0.6) is 5.75 Å². The van der Waals surface area contributed by atoms with E-state index < -0.39 is 23.9 Å². The predicted octanol–water partition coefficient (Wildman–Crippen LogP) is 5.94. The van der Waals surface area contributed by atoms with Gasteiger partial charge in [0.2, 0.25) is 0 Å². The zero-order valence-electron chi connectivity index (χ0n) is 20.8. The molecule has 10 nitrogen and oxygen atoms in total. The SMILES string of the molecule is Cc1nn(C)cc1-c1cc(C(F)F)nc2sc(C(N)=O)c(NC(=O)c3ccn(COc4ccc(Br)cc4Cl)n3)c12. The maximum absolute atomic E-state index is 13.7. The zero-order valence-corrected chi connectivity index (χ0v) is 23.9. The number of primary amides is 1. The molecule has 0 radical (unpaired) electrons. The molecule has 0 saturated carbocycles. The number of fused-ring (bicyclic) bond motifs is 1. The van der Waals surface area contributed by atoms with Gasteiger partial charge < -0.3 is 15.8 Å². The van der Waals surface area contributed by atoms with Gasteiger partial charge in [0.1, 0.15) is 21.2 Å². The van der Waals surface area contributed by atoms with E-state index in [1.807, 2.05) is 0 Å². The first-order chi connectivity index (χ1) is 19.0. The van der Waals surface area contributed by atoms with Crippen LogP contribution in [0.15, 0.2) is 47.2 Å². The summed E-state index contributed by atoms with van der Waals surface area (Å²) in [5.74, 6) is -1.08. The van der Waals surface area contributed by atoms with Crippen LogP contribution in [0.1, 0.15) is 38.0 Å². The van der Waals surface area contributed by atoms with Gasteiger partial charge in [0.25, 0.3) is 18.2 Å². The number of carbonyl (C=O) groups excluding carboxylic acids is 2. The van der Waals surface area contributed by atoms with Crippen molar-refractivity contribution in [2.75, 3.05) is 5.32 Å². The van der Waals surface area contributed by atoms with Gasteiger partial charge in [0, 0.05) is 34.9 Å². The smallest absolute Gasteiger partial charge is 0.280 e. The number of hydrogen-bond acceptors (Lipinski definition) is 7. The van der Waals surface area contributed by atoms with E-state index in [-0.39, 0.29) is 27.8 Å². The number of carbonyl (C=O) groups is 2. The number of nitrogens with zero attached hydrogens (tertiary/aromatic N) is 5. The van der Waals surface area contributed by atoms with Gasteiger partial charge in [-0.3, -0.25) is 14.3 Å². The quantitative estimate of drug-likeness (QED) is 0.214. The van der Waals surface area contributed by atoms with Gasteiger partial charge in [-0.1, -0.05) is 27.5 Å². The summed E-state index contributed by atoms with van der Waals surface area (Å²) in [4.78, 5) is 29.7. The van der Waals surface area contributed by atoms with Crippen molar-refractivity contribution in [3.63, 3.8) is 0 Å². The van der Waals surface area contributed by atoms with Crippen LogP contribution >= 0.6 is 38.9 Å². The molecule has 4 aromatic heterocycles. The molecule has 0 saturated heterocycles. The fourth-order valence-electron chi connectivity index (χ4n) is 4.06. The number of nitrogens with two attached hydrogens (primary N) is 1. The predicted molar refractivity (Wildman–Crippen MR) is 150 cm³/mol. The second kappa shape index (κ2) is 10.9. The third-order valence-corrected chi connectivity index (χ3v) is 7.68. The summed E-state index contributed by atoms with van der Waals surface area (Å²) in [6, 6.07) is 7.82. The minimum atomic E-state index is -2.87. The Morgan fingerprint density at radius 3 is 2.65 bits per heavy atom. The highest BCUT2D eigenvalue weighted by molar-refractivity contribution is 9.10. The third-order valence-electron chi connectivity index (χ3n) is 5.79. The van der Waals surface area contributed by atoms with Crippen LogP contribution in [0.4, 0.5) is 14.5 Å². The maximum Gasteiger partial charge on any atom is 0.280 e. The van der Waals surface area contributed by atoms with Crippen LogP contribution in [0.3, 0.4) is 0 Å². The Morgan fingerprint density at radius 2 is 2.00 bits per heavy atom. The first-order valence-electron chi connectivity index (χ1n) is 11.5. The molecule has 4 heterocycles. The molecule has 3 N–H and O–H groups in total. The Hall–Kier alpha value is -3.88. The second-order valence-electron chi connectivity index (χ2n) is 8.59. The molecule has 0 fully saturated rings. The number of hydrogen-bond donors (Lipinski definition) is 2. The Kier molecular flexibility index (Phi) is 7.57. The van der Waals surface area contributed by atoms with E-state index in [0.717, 1.165) is 15.8 Å². The Balaban J connectivity index is 1.50. The lowest BCUT2D eigenvalue weighted by atomic mass is 10.0. The zero-order chi connectivity index (χ0) is 28.7. The number of anilines is 1. The van der Waals surface area contributed by atoms with Crippen molar-refractivity contribution >= 4 is 66.6 Å². The molecule has 0 bridgehead atoms. The Bertz CT molecular complexity index is 1790. The fourth-order valence-corrected chi connectivity index (χ4v) is 5.80. The molecule has 40 heavy (non-hydrogen) atoms. The minimum absolute atomic E-state index is 0.0107. The topological polar surface area (TPSA) is 130 Å². The van der Waals surface area contributed by atoms with Gasteiger partial charge in [0.15, 0.2) is 12.4 Å². The summed E-state index contributed by atoms with van der Waals surface area (Å²) < 4.78 is 36.9. The van der Waals surface area contributed by atoms with Gasteiger partial charge in [-0.2, -0.15) is 10.2 Å². The van der Waals surface area contributed by atoms with Crippen molar-refractivity contribution in [3.8, 4) is 16.9 Å². The van der Waals surface area contributed by atoms with Crippen LogP contribution in [-0.4, -0.2) is 36.4 Å². The van der Waals surface area contributed by atoms with Crippen LogP contribution in [0.25, 0.3) is 21.3 Å². The normalized spacial score (nSPS) is 11.4. The number of ether oxygens (including phenoxy) is 1. The van der Waals surface area contributed by atoms with Gasteiger partial charge in [-0.25, -0.2) is 18.4 Å². The average molecular weight is 651 g/mol. The standard InChI is InChI=1S/C25H19BrClF2N7O3S/c1-11-14(9-35(2)33-11)13-8-17(22(28)29)31-25-19(13)20(21(40-25)23(30)37)32-24(38)16-5-6-36(34-16)10-39-18-4-3-12(26)7-15(18)27/h3-9,22H,10H2,1-2H3,(H2,30,37)(H,32,38). The van der Waals surface area contributed by atoms with E-state index in [0.29, 0.717) is 33.0 Å². The van der Waals surface area contributed by atoms with Crippen molar-refractivity contribution < 1.29 is 23.1 Å². The summed E-state index contributed by atoms with van der Waals surface area (Å²) in [5, 5.41) is 11.9. The molecule has 0 aliphatic rings. The molecule has 0 aliphatic heterocycles. The first kappa shape index (κ1) is 27.7. The molecule has 0 unspecified atom stereocenters. The highest BCUT2D eigenvalue weighted by Gasteiger charge is 2.26. The number of benzene rings is 1. The lowest BCUT2D eigenvalue weighted by molar-refractivity contribution is 0.100. The minimum Gasteiger partial charge on any atom is -0.470 e. The van der Waals surface area contributed by atoms with Crippen molar-refractivity contribution in [2.45, 2.75) is 20.1 Å². The fraction of sp³-hybridized carbons (Fsp3) is 0.160. The monoisotopic (exact) mass is 649 g/mol. The summed E-state index contributed by atoms with van der Waals surface area (Å²) in [7, 11) is 1.69. The van der Waals surface area contributed by atoms with Crippen LogP contribution in [0.2, 0.25) is 5.02 Å².